The first-order valence-electron chi connectivity index (χ1n) is 6.73. The number of imidazole rings is 1. The lowest BCUT2D eigenvalue weighted by molar-refractivity contribution is 0.253. The molecule has 0 amide bonds. The maximum atomic E-state index is 5.99. The highest BCUT2D eigenvalue weighted by molar-refractivity contribution is 6.30. The average molecular weight is 279 g/mol. The van der Waals surface area contributed by atoms with Gasteiger partial charge < -0.3 is 10.1 Å². The van der Waals surface area contributed by atoms with Crippen molar-refractivity contribution < 1.29 is 0 Å². The van der Waals surface area contributed by atoms with E-state index in [0.29, 0.717) is 12.0 Å². The van der Waals surface area contributed by atoms with E-state index < -0.39 is 0 Å². The van der Waals surface area contributed by atoms with Crippen LogP contribution >= 0.6 is 11.6 Å². The summed E-state index contributed by atoms with van der Waals surface area (Å²) in [5.41, 5.74) is 7.80. The maximum Gasteiger partial charge on any atom is 0.137 e. The van der Waals surface area contributed by atoms with Crippen LogP contribution in [0.4, 0.5) is 0 Å². The smallest absolute Gasteiger partial charge is 0.137 e. The van der Waals surface area contributed by atoms with Crippen LogP contribution in [-0.2, 0) is 6.54 Å². The fraction of sp³-hybridized carbons (Fsp3) is 0.500. The van der Waals surface area contributed by atoms with Crippen LogP contribution in [0.3, 0.4) is 0 Å². The van der Waals surface area contributed by atoms with Crippen LogP contribution in [0.15, 0.2) is 24.5 Å². The zero-order chi connectivity index (χ0) is 13.4. The molecule has 0 saturated carbocycles. The number of halogens is 1. The van der Waals surface area contributed by atoms with E-state index >= 15 is 0 Å². The molecule has 2 aromatic heterocycles. The first-order valence-corrected chi connectivity index (χ1v) is 7.10. The van der Waals surface area contributed by atoms with Gasteiger partial charge in [-0.05, 0) is 37.9 Å². The lowest BCUT2D eigenvalue weighted by Gasteiger charge is -2.19. The number of pyridine rings is 1. The van der Waals surface area contributed by atoms with E-state index in [2.05, 4.69) is 23.0 Å². The summed E-state index contributed by atoms with van der Waals surface area (Å²) in [5, 5.41) is 0.731. The third-order valence-corrected chi connectivity index (χ3v) is 4.18. The van der Waals surface area contributed by atoms with Crippen LogP contribution in [0.1, 0.15) is 19.0 Å². The van der Waals surface area contributed by atoms with E-state index in [4.69, 9.17) is 17.3 Å². The van der Waals surface area contributed by atoms with E-state index in [0.717, 1.165) is 36.0 Å². The number of likely N-dealkylation sites (tertiary alicyclic amines) is 1. The molecule has 19 heavy (non-hydrogen) atoms. The van der Waals surface area contributed by atoms with E-state index in [1.807, 2.05) is 22.7 Å². The maximum absolute atomic E-state index is 5.99. The highest BCUT2D eigenvalue weighted by atomic mass is 35.5. The van der Waals surface area contributed by atoms with Gasteiger partial charge in [-0.2, -0.15) is 0 Å². The molecule has 2 aromatic rings. The summed E-state index contributed by atoms with van der Waals surface area (Å²) >= 11 is 5.99. The molecule has 1 fully saturated rings. The molecule has 5 heteroatoms. The molecular weight excluding hydrogens is 260 g/mol. The Labute approximate surface area is 118 Å². The van der Waals surface area contributed by atoms with Gasteiger partial charge in [0.15, 0.2) is 0 Å². The van der Waals surface area contributed by atoms with E-state index in [9.17, 15) is 0 Å². The molecule has 3 rings (SSSR count). The van der Waals surface area contributed by atoms with Gasteiger partial charge in [0.1, 0.15) is 5.65 Å². The molecule has 0 radical (unpaired) electrons. The monoisotopic (exact) mass is 278 g/mol. The third kappa shape index (κ3) is 2.61. The molecule has 2 atom stereocenters. The lowest BCUT2D eigenvalue weighted by Crippen LogP contribution is -2.27. The Morgan fingerprint density at radius 2 is 2.26 bits per heavy atom. The van der Waals surface area contributed by atoms with Gasteiger partial charge in [-0.3, -0.25) is 4.90 Å². The van der Waals surface area contributed by atoms with Crippen LogP contribution in [0.2, 0.25) is 5.02 Å². The van der Waals surface area contributed by atoms with Gasteiger partial charge in [-0.1, -0.05) is 11.6 Å². The Morgan fingerprint density at radius 1 is 1.42 bits per heavy atom. The summed E-state index contributed by atoms with van der Waals surface area (Å²) in [7, 11) is 0. The first-order chi connectivity index (χ1) is 9.15. The van der Waals surface area contributed by atoms with Gasteiger partial charge in [0.2, 0.25) is 0 Å². The highest BCUT2D eigenvalue weighted by Gasteiger charge is 2.28. The molecule has 0 bridgehead atoms. The molecule has 2 unspecified atom stereocenters. The van der Waals surface area contributed by atoms with Gasteiger partial charge in [-0.25, -0.2) is 4.98 Å². The second-order valence-electron chi connectivity index (χ2n) is 5.46. The summed E-state index contributed by atoms with van der Waals surface area (Å²) in [5.74, 6) is 0.626. The number of hydrogen-bond acceptors (Lipinski definition) is 3. The highest BCUT2D eigenvalue weighted by Crippen LogP contribution is 2.24. The van der Waals surface area contributed by atoms with E-state index in [-0.39, 0.29) is 0 Å². The van der Waals surface area contributed by atoms with Gasteiger partial charge >= 0.3 is 0 Å². The molecule has 1 saturated heterocycles. The van der Waals surface area contributed by atoms with Crippen LogP contribution in [-0.4, -0.2) is 33.4 Å². The number of rotatable bonds is 3. The van der Waals surface area contributed by atoms with Crippen LogP contribution in [0, 0.1) is 5.92 Å². The number of hydrogen-bond donors (Lipinski definition) is 1. The standard InChI is InChI=1S/C14H19ClN4/c1-10-4-11(5-16)6-18(10)8-13-9-19-7-12(15)2-3-14(19)17-13/h2-3,7,9-11H,4-6,8,16H2,1H3. The number of nitrogens with two attached hydrogens (primary N) is 1. The summed E-state index contributed by atoms with van der Waals surface area (Å²) in [4.78, 5) is 7.09. The van der Waals surface area contributed by atoms with Crippen molar-refractivity contribution in [1.29, 1.82) is 0 Å². The van der Waals surface area contributed by atoms with Crippen molar-refractivity contribution in [1.82, 2.24) is 14.3 Å². The quantitative estimate of drug-likeness (QED) is 0.936. The Hall–Kier alpha value is -1.10. The Bertz CT molecular complexity index is 580. The fourth-order valence-electron chi connectivity index (χ4n) is 2.91. The molecular formula is C14H19ClN4. The summed E-state index contributed by atoms with van der Waals surface area (Å²) < 4.78 is 1.98. The molecule has 3 heterocycles. The van der Waals surface area contributed by atoms with Crippen LogP contribution < -0.4 is 5.73 Å². The normalized spacial score (nSPS) is 24.4. The average Bonchev–Trinajstić information content (AvgIpc) is 2.93. The van der Waals surface area contributed by atoms with Crippen molar-refractivity contribution in [2.75, 3.05) is 13.1 Å². The molecule has 0 aliphatic carbocycles. The van der Waals surface area contributed by atoms with Gasteiger partial charge in [0, 0.05) is 31.5 Å². The molecule has 1 aliphatic rings. The van der Waals surface area contributed by atoms with Crippen molar-refractivity contribution in [2.24, 2.45) is 11.7 Å². The van der Waals surface area contributed by atoms with Crippen molar-refractivity contribution in [2.45, 2.75) is 25.9 Å². The molecule has 0 aromatic carbocycles. The minimum atomic E-state index is 0.585. The Balaban J connectivity index is 1.78. The first kappa shape index (κ1) is 12.9. The van der Waals surface area contributed by atoms with Gasteiger partial charge in [0.05, 0.1) is 10.7 Å². The number of fused-ring (bicyclic) bond motifs is 1. The third-order valence-electron chi connectivity index (χ3n) is 3.95. The molecule has 0 spiro atoms. The second-order valence-corrected chi connectivity index (χ2v) is 5.90. The van der Waals surface area contributed by atoms with Gasteiger partial charge in [-0.15, -0.1) is 0 Å². The Kier molecular flexibility index (Phi) is 3.48. The summed E-state index contributed by atoms with van der Waals surface area (Å²) in [6, 6.07) is 4.40. The lowest BCUT2D eigenvalue weighted by atomic mass is 10.1. The van der Waals surface area contributed by atoms with Crippen molar-refractivity contribution >= 4 is 17.2 Å². The molecule has 102 valence electrons. The van der Waals surface area contributed by atoms with Crippen LogP contribution in [0.25, 0.3) is 5.65 Å². The second kappa shape index (κ2) is 5.12. The van der Waals surface area contributed by atoms with Crippen molar-refractivity contribution in [3.05, 3.63) is 35.2 Å². The molecule has 4 nitrogen and oxygen atoms in total. The van der Waals surface area contributed by atoms with Crippen molar-refractivity contribution in [3.63, 3.8) is 0 Å². The Morgan fingerprint density at radius 3 is 3.00 bits per heavy atom. The predicted molar refractivity (Wildman–Crippen MR) is 77.2 cm³/mol. The van der Waals surface area contributed by atoms with Crippen molar-refractivity contribution in [3.8, 4) is 0 Å². The summed E-state index contributed by atoms with van der Waals surface area (Å²) in [6.45, 7) is 5.01. The SMILES string of the molecule is CC1CC(CN)CN1Cc1cn2cc(Cl)ccc2n1. The summed E-state index contributed by atoms with van der Waals surface area (Å²) in [6.07, 6.45) is 5.14. The zero-order valence-electron chi connectivity index (χ0n) is 11.1. The zero-order valence-corrected chi connectivity index (χ0v) is 11.8. The molecule has 1 aliphatic heterocycles. The minimum absolute atomic E-state index is 0.585. The van der Waals surface area contributed by atoms with Gasteiger partial charge in [0.25, 0.3) is 0 Å². The van der Waals surface area contributed by atoms with Crippen LogP contribution in [0.5, 0.6) is 0 Å². The van der Waals surface area contributed by atoms with E-state index in [1.54, 1.807) is 0 Å². The number of aromatic nitrogens is 2. The number of nitrogens with zero attached hydrogens (tertiary/aromatic N) is 3. The minimum Gasteiger partial charge on any atom is -0.330 e. The molecule has 2 N–H and O–H groups in total. The van der Waals surface area contributed by atoms with E-state index in [1.165, 1.54) is 6.42 Å². The topological polar surface area (TPSA) is 46.6 Å². The largest absolute Gasteiger partial charge is 0.330 e. The predicted octanol–water partition coefficient (Wildman–Crippen LogP) is 2.16. The fourth-order valence-corrected chi connectivity index (χ4v) is 3.08.